The number of piperidine rings is 1. The molecule has 2 aromatic rings. The van der Waals surface area contributed by atoms with Gasteiger partial charge in [-0.3, -0.25) is 14.6 Å². The van der Waals surface area contributed by atoms with Gasteiger partial charge in [0, 0.05) is 44.9 Å². The molecular weight excluding hydrogens is 470 g/mol. The Balaban J connectivity index is 1.52. The summed E-state index contributed by atoms with van der Waals surface area (Å²) in [6.45, 7) is 5.12. The molecule has 0 aliphatic carbocycles. The molecule has 37 heavy (non-hydrogen) atoms. The number of hydrogen-bond donors (Lipinski definition) is 0. The van der Waals surface area contributed by atoms with Crippen LogP contribution in [0.2, 0.25) is 0 Å². The highest BCUT2D eigenvalue weighted by Gasteiger charge is 2.57. The zero-order valence-corrected chi connectivity index (χ0v) is 22.5. The zero-order chi connectivity index (χ0) is 26.4. The Kier molecular flexibility index (Phi) is 8.59. The smallest absolute Gasteiger partial charge is 0.327 e. The average molecular weight is 510 g/mol. The monoisotopic (exact) mass is 509 g/mol. The van der Waals surface area contributed by atoms with Gasteiger partial charge in [-0.1, -0.05) is 43.7 Å². The Bertz CT molecular complexity index is 1060. The molecule has 1 spiro atoms. The minimum atomic E-state index is -0.774. The summed E-state index contributed by atoms with van der Waals surface area (Å²) in [4.78, 5) is 32.9. The lowest BCUT2D eigenvalue weighted by atomic mass is 9.85. The fourth-order valence-corrected chi connectivity index (χ4v) is 5.51. The number of amides is 3. The predicted octanol–water partition coefficient (Wildman–Crippen LogP) is 4.35. The second-order valence-electron chi connectivity index (χ2n) is 9.80. The summed E-state index contributed by atoms with van der Waals surface area (Å²) in [7, 11) is 4.90. The number of rotatable bonds is 11. The van der Waals surface area contributed by atoms with Crippen LogP contribution in [0.15, 0.2) is 42.5 Å². The SMILES string of the molecule is CCCCN1C(=O)N(CCc2ccccc2)C2(CCN(Cc3c(OC)cc(OC)cc3OC)CC2)C1=O. The number of benzene rings is 2. The largest absolute Gasteiger partial charge is 0.496 e. The molecule has 4 rings (SSSR count). The van der Waals surface area contributed by atoms with Gasteiger partial charge in [-0.25, -0.2) is 4.79 Å². The lowest BCUT2D eigenvalue weighted by Crippen LogP contribution is -2.56. The van der Waals surface area contributed by atoms with Crippen LogP contribution in [0.3, 0.4) is 0 Å². The van der Waals surface area contributed by atoms with Crippen LogP contribution in [-0.4, -0.2) is 79.7 Å². The molecule has 0 bridgehead atoms. The molecule has 2 heterocycles. The highest BCUT2D eigenvalue weighted by molar-refractivity contribution is 6.07. The van der Waals surface area contributed by atoms with E-state index in [0.717, 1.165) is 24.8 Å². The van der Waals surface area contributed by atoms with Crippen LogP contribution in [0.1, 0.15) is 43.7 Å². The van der Waals surface area contributed by atoms with Crippen LogP contribution in [-0.2, 0) is 17.8 Å². The Labute approximate surface area is 220 Å². The van der Waals surface area contributed by atoms with Gasteiger partial charge in [0.25, 0.3) is 5.91 Å². The summed E-state index contributed by atoms with van der Waals surface area (Å²) in [5, 5.41) is 0. The number of hydrogen-bond acceptors (Lipinski definition) is 6. The van der Waals surface area contributed by atoms with Crippen molar-refractivity contribution in [2.45, 2.75) is 51.1 Å². The quantitative estimate of drug-likeness (QED) is 0.420. The number of likely N-dealkylation sites (tertiary alicyclic amines) is 1. The first-order valence-electron chi connectivity index (χ1n) is 13.2. The minimum Gasteiger partial charge on any atom is -0.496 e. The number of imide groups is 1. The summed E-state index contributed by atoms with van der Waals surface area (Å²) in [5.41, 5.74) is 1.34. The van der Waals surface area contributed by atoms with E-state index in [1.165, 1.54) is 10.5 Å². The molecule has 2 fully saturated rings. The highest BCUT2D eigenvalue weighted by atomic mass is 16.5. The number of carbonyl (C=O) groups excluding carboxylic acids is 2. The van der Waals surface area contributed by atoms with Crippen molar-refractivity contribution in [1.29, 1.82) is 0 Å². The van der Waals surface area contributed by atoms with Crippen molar-refractivity contribution in [3.8, 4) is 17.2 Å². The van der Waals surface area contributed by atoms with Crippen molar-refractivity contribution >= 4 is 11.9 Å². The summed E-state index contributed by atoms with van der Waals surface area (Å²) < 4.78 is 16.7. The van der Waals surface area contributed by atoms with Crippen LogP contribution in [0.25, 0.3) is 0 Å². The molecule has 200 valence electrons. The van der Waals surface area contributed by atoms with Crippen molar-refractivity contribution in [1.82, 2.24) is 14.7 Å². The molecule has 0 atom stereocenters. The van der Waals surface area contributed by atoms with Gasteiger partial charge < -0.3 is 19.1 Å². The van der Waals surface area contributed by atoms with Gasteiger partial charge in [0.2, 0.25) is 0 Å². The van der Waals surface area contributed by atoms with E-state index in [-0.39, 0.29) is 11.9 Å². The number of ether oxygens (including phenoxy) is 3. The number of carbonyl (C=O) groups is 2. The first-order valence-corrected chi connectivity index (χ1v) is 13.2. The minimum absolute atomic E-state index is 0.0294. The molecule has 8 heteroatoms. The van der Waals surface area contributed by atoms with E-state index in [0.29, 0.717) is 62.8 Å². The molecule has 2 saturated heterocycles. The molecule has 2 aliphatic rings. The second-order valence-corrected chi connectivity index (χ2v) is 9.80. The van der Waals surface area contributed by atoms with E-state index >= 15 is 0 Å². The van der Waals surface area contributed by atoms with Crippen LogP contribution in [0.5, 0.6) is 17.2 Å². The number of methoxy groups -OCH3 is 3. The van der Waals surface area contributed by atoms with Crippen LogP contribution >= 0.6 is 0 Å². The summed E-state index contributed by atoms with van der Waals surface area (Å²) >= 11 is 0. The second kappa shape index (κ2) is 11.9. The van der Waals surface area contributed by atoms with Gasteiger partial charge in [-0.15, -0.1) is 0 Å². The summed E-state index contributed by atoms with van der Waals surface area (Å²) in [6.07, 6.45) is 3.70. The van der Waals surface area contributed by atoms with Gasteiger partial charge in [-0.05, 0) is 31.2 Å². The van der Waals surface area contributed by atoms with Crippen molar-refractivity contribution in [3.05, 3.63) is 53.6 Å². The summed E-state index contributed by atoms with van der Waals surface area (Å²) in [5.74, 6) is 2.06. The Morgan fingerprint density at radius 3 is 2.11 bits per heavy atom. The first-order chi connectivity index (χ1) is 18.0. The molecule has 0 radical (unpaired) electrons. The lowest BCUT2D eigenvalue weighted by molar-refractivity contribution is -0.135. The fourth-order valence-electron chi connectivity index (χ4n) is 5.51. The average Bonchev–Trinajstić information content (AvgIpc) is 3.12. The van der Waals surface area contributed by atoms with Gasteiger partial charge in [0.15, 0.2) is 0 Å². The van der Waals surface area contributed by atoms with Crippen LogP contribution in [0.4, 0.5) is 4.79 Å². The molecule has 2 aromatic carbocycles. The topological polar surface area (TPSA) is 71.6 Å². The van der Waals surface area contributed by atoms with Crippen LogP contribution < -0.4 is 14.2 Å². The van der Waals surface area contributed by atoms with Crippen molar-refractivity contribution in [2.24, 2.45) is 0 Å². The number of nitrogens with zero attached hydrogens (tertiary/aromatic N) is 3. The van der Waals surface area contributed by atoms with E-state index in [1.807, 2.05) is 35.2 Å². The third-order valence-electron chi connectivity index (χ3n) is 7.71. The molecular formula is C29H39N3O5. The Hall–Kier alpha value is -3.26. The molecule has 0 N–H and O–H groups in total. The molecule has 2 aliphatic heterocycles. The van der Waals surface area contributed by atoms with Crippen molar-refractivity contribution in [2.75, 3.05) is 47.5 Å². The standard InChI is InChI=1S/C29H39N3O5/c1-5-6-15-31-27(33)29(32(28(31)34)16-12-22-10-8-7-9-11-22)13-17-30(18-14-29)21-24-25(36-3)19-23(35-2)20-26(24)37-4/h7-11,19-20H,5-6,12-18,21H2,1-4H3. The first kappa shape index (κ1) is 26.8. The van der Waals surface area contributed by atoms with E-state index in [1.54, 1.807) is 21.3 Å². The van der Waals surface area contributed by atoms with Crippen molar-refractivity contribution < 1.29 is 23.8 Å². The Morgan fingerprint density at radius 2 is 1.54 bits per heavy atom. The third-order valence-corrected chi connectivity index (χ3v) is 7.71. The maximum atomic E-state index is 13.7. The summed E-state index contributed by atoms with van der Waals surface area (Å²) in [6, 6.07) is 13.7. The maximum Gasteiger partial charge on any atom is 0.327 e. The lowest BCUT2D eigenvalue weighted by Gasteiger charge is -2.42. The predicted molar refractivity (Wildman–Crippen MR) is 142 cm³/mol. The van der Waals surface area contributed by atoms with Gasteiger partial charge >= 0.3 is 6.03 Å². The van der Waals surface area contributed by atoms with Gasteiger partial charge in [-0.2, -0.15) is 0 Å². The molecule has 0 unspecified atom stereocenters. The number of unbranched alkanes of at least 4 members (excludes halogenated alkanes) is 1. The molecule has 0 aromatic heterocycles. The normalized spacial score (nSPS) is 17.5. The maximum absolute atomic E-state index is 13.7. The van der Waals surface area contributed by atoms with E-state index < -0.39 is 5.54 Å². The molecule has 0 saturated carbocycles. The molecule has 8 nitrogen and oxygen atoms in total. The van der Waals surface area contributed by atoms with E-state index in [9.17, 15) is 9.59 Å². The highest BCUT2D eigenvalue weighted by Crippen LogP contribution is 2.40. The molecule has 3 amide bonds. The van der Waals surface area contributed by atoms with Gasteiger partial charge in [0.1, 0.15) is 22.8 Å². The van der Waals surface area contributed by atoms with Gasteiger partial charge in [0.05, 0.1) is 26.9 Å². The third kappa shape index (κ3) is 5.39. The fraction of sp³-hybridized carbons (Fsp3) is 0.517. The van der Waals surface area contributed by atoms with Crippen LogP contribution in [0, 0.1) is 0 Å². The van der Waals surface area contributed by atoms with Crippen molar-refractivity contribution in [3.63, 3.8) is 0 Å². The number of urea groups is 1. The Morgan fingerprint density at radius 1 is 0.892 bits per heavy atom. The zero-order valence-electron chi connectivity index (χ0n) is 22.5. The van der Waals surface area contributed by atoms with E-state index in [2.05, 4.69) is 24.0 Å². The van der Waals surface area contributed by atoms with E-state index in [4.69, 9.17) is 14.2 Å².